The Kier molecular flexibility index (Phi) is 19.2. The van der Waals surface area contributed by atoms with Gasteiger partial charge in [0.2, 0.25) is 5.60 Å². The molecule has 14 nitrogen and oxygen atoms in total. The molecule has 0 aliphatic carbocycles. The molecule has 0 spiro atoms. The minimum Gasteiger partial charge on any atom is -0.402 e. The number of hydrogen-bond acceptors (Lipinski definition) is 13. The van der Waals surface area contributed by atoms with Gasteiger partial charge in [-0.3, -0.25) is 9.05 Å². The van der Waals surface area contributed by atoms with E-state index in [9.17, 15) is 19.5 Å². The lowest BCUT2D eigenvalue weighted by molar-refractivity contribution is -0.204. The molecule has 358 valence electrons. The molecule has 2 aromatic carbocycles. The van der Waals surface area contributed by atoms with Gasteiger partial charge in [-0.15, -0.1) is 0 Å². The van der Waals surface area contributed by atoms with E-state index in [1.54, 1.807) is 54.8 Å². The Morgan fingerprint density at radius 2 is 1.56 bits per heavy atom. The fraction of sp³-hybridized carbons (Fsp3) is 0.592. The van der Waals surface area contributed by atoms with Crippen LogP contribution in [0.2, 0.25) is 5.02 Å². The number of aromatic nitrogens is 3. The monoisotopic (exact) mass is 950 g/mol. The summed E-state index contributed by atoms with van der Waals surface area (Å²) in [4.78, 5) is 4.07. The van der Waals surface area contributed by atoms with Gasteiger partial charge >= 0.3 is 7.82 Å². The van der Waals surface area contributed by atoms with Crippen LogP contribution in [0, 0.1) is 28.5 Å². The number of phosphoric acid groups is 1. The first kappa shape index (κ1) is 51.2. The molecule has 6 rings (SSSR count). The molecule has 2 aromatic heterocycles. The first-order valence-corrected chi connectivity index (χ1v) is 25.4. The largest absolute Gasteiger partial charge is 0.530 e. The van der Waals surface area contributed by atoms with E-state index in [0.717, 1.165) is 31.7 Å². The Morgan fingerprint density at radius 3 is 2.21 bits per heavy atom. The summed E-state index contributed by atoms with van der Waals surface area (Å²) in [5.74, 6) is -1.41. The molecule has 2 aliphatic rings. The fourth-order valence-electron chi connectivity index (χ4n) is 8.61. The number of nitriles is 2. The predicted octanol–water partition coefficient (Wildman–Crippen LogP) is 12.3. The van der Waals surface area contributed by atoms with Crippen molar-refractivity contribution in [3.8, 4) is 17.9 Å². The highest BCUT2D eigenvalue weighted by Gasteiger charge is 2.65. The number of para-hydroxylation sites is 1. The van der Waals surface area contributed by atoms with Gasteiger partial charge in [0.25, 0.3) is 0 Å². The Bertz CT molecular complexity index is 2310. The van der Waals surface area contributed by atoms with E-state index in [2.05, 4.69) is 23.1 Å². The number of rotatable bonds is 29. The molecule has 4 aromatic rings. The lowest BCUT2D eigenvalue weighted by Gasteiger charge is -2.30. The van der Waals surface area contributed by atoms with E-state index in [1.807, 2.05) is 6.07 Å². The number of hydrogen-bond donors (Lipinski definition) is 1. The highest BCUT2D eigenvalue weighted by Crippen LogP contribution is 2.55. The van der Waals surface area contributed by atoms with E-state index >= 15 is 0 Å². The van der Waals surface area contributed by atoms with Crippen molar-refractivity contribution in [1.29, 1.82) is 10.5 Å². The van der Waals surface area contributed by atoms with Crippen LogP contribution in [0.4, 0.5) is 10.2 Å². The number of anilines is 1. The summed E-state index contributed by atoms with van der Waals surface area (Å²) in [6, 6.07) is 18.1. The van der Waals surface area contributed by atoms with Crippen molar-refractivity contribution in [1.82, 2.24) is 14.6 Å². The summed E-state index contributed by atoms with van der Waals surface area (Å²) in [5.41, 5.74) is 5.92. The second-order valence-corrected chi connectivity index (χ2v) is 19.8. The third-order valence-electron chi connectivity index (χ3n) is 12.1. The van der Waals surface area contributed by atoms with Crippen molar-refractivity contribution < 1.29 is 41.5 Å². The molecule has 2 fully saturated rings. The van der Waals surface area contributed by atoms with Gasteiger partial charge in [0.1, 0.15) is 54.4 Å². The number of benzene rings is 2. The van der Waals surface area contributed by atoms with Crippen molar-refractivity contribution in [3.63, 3.8) is 0 Å². The maximum Gasteiger partial charge on any atom is 0.530 e. The third kappa shape index (κ3) is 14.2. The van der Waals surface area contributed by atoms with Gasteiger partial charge in [-0.05, 0) is 68.3 Å². The van der Waals surface area contributed by atoms with Crippen molar-refractivity contribution in [2.75, 3.05) is 18.9 Å². The molecule has 0 radical (unpaired) electrons. The predicted molar refractivity (Wildman–Crippen MR) is 249 cm³/mol. The first-order valence-electron chi connectivity index (χ1n) is 23.6. The highest BCUT2D eigenvalue weighted by molar-refractivity contribution is 7.49. The average Bonchev–Trinajstić information content (AvgIpc) is 3.97. The summed E-state index contributed by atoms with van der Waals surface area (Å²) < 4.78 is 74.4. The standard InChI is InChI=1S/C49H65ClFN6O8P/c1-4-5-6-7-8-9-10-11-12-13-14-15-16-17-18-19-22-39(59-31-37-27-36(30-52)28-38(51)29-37)32-60-66(58,65-43-24-21-20-23-40(43)50)61-34-49(33-53)46-45(62-48(2,3)64-46)44(63-49)41-25-26-42-47(54)55-35-56-57(41)42/h20-21,23-29,35,39,44-46H,4-19,22,31-32,34H2,1-3H3,(H2,54,55,56)/t39-,44+,45+,46+,49-,66?/m1/s1. The summed E-state index contributed by atoms with van der Waals surface area (Å²) in [5, 5.41) is 24.8. The zero-order valence-electron chi connectivity index (χ0n) is 38.5. The van der Waals surface area contributed by atoms with Crippen molar-refractivity contribution in [3.05, 3.63) is 88.6 Å². The van der Waals surface area contributed by atoms with Crippen molar-refractivity contribution in [2.24, 2.45) is 0 Å². The Balaban J connectivity index is 1.11. The number of halogens is 2. The Morgan fingerprint density at radius 1 is 0.894 bits per heavy atom. The summed E-state index contributed by atoms with van der Waals surface area (Å²) in [6.45, 7) is 4.77. The normalized spacial score (nSPS) is 21.3. The van der Waals surface area contributed by atoms with Crippen LogP contribution in [-0.4, -0.2) is 57.5 Å². The molecule has 2 N–H and O–H groups in total. The summed E-state index contributed by atoms with van der Waals surface area (Å²) in [7, 11) is -4.65. The van der Waals surface area contributed by atoms with Crippen LogP contribution in [0.1, 0.15) is 153 Å². The van der Waals surface area contributed by atoms with Gasteiger partial charge in [0.05, 0.1) is 41.7 Å². The summed E-state index contributed by atoms with van der Waals surface area (Å²) >= 11 is 6.48. The van der Waals surface area contributed by atoms with Crippen LogP contribution in [0.3, 0.4) is 0 Å². The number of phosphoric ester groups is 1. The van der Waals surface area contributed by atoms with Crippen molar-refractivity contribution >= 4 is 30.8 Å². The number of nitrogens with zero attached hydrogens (tertiary/aromatic N) is 5. The van der Waals surface area contributed by atoms with Crippen LogP contribution >= 0.6 is 19.4 Å². The number of nitrogens with two attached hydrogens (primary N) is 1. The van der Waals surface area contributed by atoms with Crippen LogP contribution in [-0.2, 0) is 39.2 Å². The number of nitrogen functional groups attached to an aromatic ring is 1. The second kappa shape index (κ2) is 24.7. The lowest BCUT2D eigenvalue weighted by atomic mass is 9.96. The second-order valence-electron chi connectivity index (χ2n) is 17.8. The van der Waals surface area contributed by atoms with Crippen LogP contribution in [0.25, 0.3) is 5.52 Å². The molecule has 0 amide bonds. The first-order chi connectivity index (χ1) is 31.9. The molecule has 0 bridgehead atoms. The molecule has 4 heterocycles. The zero-order valence-corrected chi connectivity index (χ0v) is 40.2. The zero-order chi connectivity index (χ0) is 47.0. The highest BCUT2D eigenvalue weighted by atomic mass is 35.5. The molecular formula is C49H65ClFN6O8P. The maximum absolute atomic E-state index is 14.9. The molecule has 6 atom stereocenters. The van der Waals surface area contributed by atoms with Gasteiger partial charge in [-0.2, -0.15) is 15.6 Å². The molecule has 1 unspecified atom stereocenters. The molecule has 2 saturated heterocycles. The number of fused-ring (bicyclic) bond motifs is 2. The van der Waals surface area contributed by atoms with Crippen molar-refractivity contribution in [2.45, 2.75) is 172 Å². The topological polar surface area (TPSA) is 185 Å². The lowest BCUT2D eigenvalue weighted by Crippen LogP contribution is -2.46. The van der Waals surface area contributed by atoms with Gasteiger partial charge in [0, 0.05) is 0 Å². The van der Waals surface area contributed by atoms with E-state index in [-0.39, 0.29) is 35.4 Å². The van der Waals surface area contributed by atoms with Gasteiger partial charge in [-0.25, -0.2) is 18.5 Å². The van der Waals surface area contributed by atoms with Gasteiger partial charge in [0.15, 0.2) is 11.6 Å². The van der Waals surface area contributed by atoms with Gasteiger partial charge < -0.3 is 29.2 Å². The van der Waals surface area contributed by atoms with Crippen LogP contribution in [0.15, 0.2) is 60.9 Å². The van der Waals surface area contributed by atoms with E-state index in [4.69, 9.17) is 49.9 Å². The van der Waals surface area contributed by atoms with Crippen LogP contribution < -0.4 is 10.3 Å². The number of ether oxygens (including phenoxy) is 4. The minimum absolute atomic E-state index is 0.0224. The Labute approximate surface area is 393 Å². The van der Waals surface area contributed by atoms with E-state index < -0.39 is 56.1 Å². The van der Waals surface area contributed by atoms with E-state index in [0.29, 0.717) is 23.2 Å². The molecule has 0 saturated carbocycles. The number of unbranched alkanes of at least 4 members (excludes halogenated alkanes) is 15. The average molecular weight is 952 g/mol. The third-order valence-corrected chi connectivity index (χ3v) is 13.7. The SMILES string of the molecule is CCCCCCCCCCCCCCCCCC[C@H](COP(=O)(OC[C@@]1(C#N)O[C@@H](c2ccc3c(N)ncnn23)[C@@H]2OC(C)(C)O[C@@H]21)Oc1ccccc1Cl)OCc1cc(F)cc(C#N)c1. The molecule has 66 heavy (non-hydrogen) atoms. The molecule has 17 heteroatoms. The van der Waals surface area contributed by atoms with Gasteiger partial charge in [-0.1, -0.05) is 133 Å². The maximum atomic E-state index is 14.9. The van der Waals surface area contributed by atoms with E-state index in [1.165, 1.54) is 95.5 Å². The fourth-order valence-corrected chi connectivity index (χ4v) is 10.1. The Hall–Kier alpha value is -4.15. The van der Waals surface area contributed by atoms with Crippen LogP contribution in [0.5, 0.6) is 5.75 Å². The summed E-state index contributed by atoms with van der Waals surface area (Å²) in [6.07, 6.45) is 18.1. The minimum atomic E-state index is -4.65. The quantitative estimate of drug-likeness (QED) is 0.0401. The smallest absolute Gasteiger partial charge is 0.402 e. The molecule has 2 aliphatic heterocycles. The molecular weight excluding hydrogens is 886 g/mol.